The standard InChI is InChI=1S/C10H22N4.ClH/c11-10(12)13-6-9-14-7-4-2-1-3-5-8-14;/h1-9H2,(H4,11,12,13);1H. The monoisotopic (exact) mass is 234 g/mol. The fourth-order valence-corrected chi connectivity index (χ4v) is 1.86. The zero-order chi connectivity index (χ0) is 10.2. The van der Waals surface area contributed by atoms with Gasteiger partial charge in [-0.05, 0) is 25.9 Å². The Labute approximate surface area is 100.0 Å². The third-order valence-corrected chi connectivity index (χ3v) is 2.66. The SMILES string of the molecule is NC(N)=NCCN1CCCCCCC1.[Cl-].[H+]. The summed E-state index contributed by atoms with van der Waals surface area (Å²) < 4.78 is 0. The maximum Gasteiger partial charge on any atom is 1.00 e. The second-order valence-electron chi connectivity index (χ2n) is 3.92. The summed E-state index contributed by atoms with van der Waals surface area (Å²) >= 11 is 0. The van der Waals surface area contributed by atoms with E-state index in [0.29, 0.717) is 0 Å². The van der Waals surface area contributed by atoms with Gasteiger partial charge in [-0.3, -0.25) is 4.99 Å². The maximum atomic E-state index is 5.27. The number of halogens is 1. The molecule has 0 aromatic rings. The minimum Gasteiger partial charge on any atom is -1.00 e. The van der Waals surface area contributed by atoms with Crippen molar-refractivity contribution < 1.29 is 13.8 Å². The van der Waals surface area contributed by atoms with Crippen LogP contribution >= 0.6 is 0 Å². The molecule has 5 heteroatoms. The maximum absolute atomic E-state index is 5.27. The minimum atomic E-state index is 0. The van der Waals surface area contributed by atoms with Gasteiger partial charge in [0.25, 0.3) is 0 Å². The summed E-state index contributed by atoms with van der Waals surface area (Å²) in [5.74, 6) is 0.206. The van der Waals surface area contributed by atoms with Crippen LogP contribution in [0.3, 0.4) is 0 Å². The number of likely N-dealkylation sites (tertiary alicyclic amines) is 1. The first-order valence-electron chi connectivity index (χ1n) is 5.57. The van der Waals surface area contributed by atoms with Gasteiger partial charge >= 0.3 is 1.43 Å². The number of nitrogens with two attached hydrogens (primary N) is 2. The van der Waals surface area contributed by atoms with Crippen molar-refractivity contribution in [1.82, 2.24) is 4.90 Å². The Morgan fingerprint density at radius 2 is 1.60 bits per heavy atom. The number of rotatable bonds is 3. The fraction of sp³-hybridized carbons (Fsp3) is 0.900. The van der Waals surface area contributed by atoms with Crippen molar-refractivity contribution in [1.29, 1.82) is 0 Å². The van der Waals surface area contributed by atoms with E-state index >= 15 is 0 Å². The highest BCUT2D eigenvalue weighted by atomic mass is 35.5. The summed E-state index contributed by atoms with van der Waals surface area (Å²) in [6.07, 6.45) is 6.79. The average Bonchev–Trinajstić information content (AvgIpc) is 2.07. The van der Waals surface area contributed by atoms with Crippen molar-refractivity contribution in [2.45, 2.75) is 32.1 Å². The first-order chi connectivity index (χ1) is 6.79. The molecule has 0 atom stereocenters. The molecule has 90 valence electrons. The Morgan fingerprint density at radius 3 is 2.13 bits per heavy atom. The highest BCUT2D eigenvalue weighted by Gasteiger charge is 2.06. The van der Waals surface area contributed by atoms with Gasteiger partial charge in [0.1, 0.15) is 0 Å². The predicted molar refractivity (Wildman–Crippen MR) is 61.3 cm³/mol. The van der Waals surface area contributed by atoms with Crippen molar-refractivity contribution in [2.24, 2.45) is 16.5 Å². The highest BCUT2D eigenvalue weighted by Crippen LogP contribution is 2.09. The molecule has 1 heterocycles. The minimum absolute atomic E-state index is 0. The molecule has 1 aliphatic heterocycles. The summed E-state index contributed by atoms with van der Waals surface area (Å²) in [7, 11) is 0. The first-order valence-corrected chi connectivity index (χ1v) is 5.57. The van der Waals surface area contributed by atoms with Gasteiger partial charge in [-0.1, -0.05) is 19.3 Å². The summed E-state index contributed by atoms with van der Waals surface area (Å²) in [4.78, 5) is 6.47. The summed E-state index contributed by atoms with van der Waals surface area (Å²) in [6, 6.07) is 0. The molecule has 0 saturated carbocycles. The molecule has 0 aromatic carbocycles. The Bertz CT molecular complexity index is 178. The first kappa shape index (κ1) is 14.5. The molecule has 0 amide bonds. The molecule has 0 spiro atoms. The number of hydrogen-bond acceptors (Lipinski definition) is 2. The molecule has 4 nitrogen and oxygen atoms in total. The predicted octanol–water partition coefficient (Wildman–Crippen LogP) is -2.36. The fourth-order valence-electron chi connectivity index (χ4n) is 1.86. The van der Waals surface area contributed by atoms with Gasteiger partial charge in [0.15, 0.2) is 5.96 Å². The average molecular weight is 235 g/mol. The van der Waals surface area contributed by atoms with Crippen molar-refractivity contribution in [2.75, 3.05) is 26.2 Å². The molecule has 0 unspecified atom stereocenters. The van der Waals surface area contributed by atoms with Crippen LogP contribution in [0.1, 0.15) is 33.5 Å². The van der Waals surface area contributed by atoms with Gasteiger partial charge in [0.2, 0.25) is 0 Å². The Balaban J connectivity index is 0. The summed E-state index contributed by atoms with van der Waals surface area (Å²) in [5, 5.41) is 0. The molecule has 1 saturated heterocycles. The van der Waals surface area contributed by atoms with Gasteiger partial charge in [0.05, 0.1) is 6.54 Å². The van der Waals surface area contributed by atoms with E-state index in [1.165, 1.54) is 45.2 Å². The molecule has 0 bridgehead atoms. The molecule has 1 rings (SSSR count). The third-order valence-electron chi connectivity index (χ3n) is 2.66. The van der Waals surface area contributed by atoms with E-state index in [9.17, 15) is 0 Å². The quantitative estimate of drug-likeness (QED) is 0.424. The number of nitrogens with zero attached hydrogens (tertiary/aromatic N) is 2. The second-order valence-corrected chi connectivity index (χ2v) is 3.92. The lowest BCUT2D eigenvalue weighted by atomic mass is 10.1. The molecule has 15 heavy (non-hydrogen) atoms. The van der Waals surface area contributed by atoms with Crippen molar-refractivity contribution in [3.05, 3.63) is 0 Å². The normalized spacial score (nSPS) is 18.4. The van der Waals surface area contributed by atoms with E-state index in [-0.39, 0.29) is 19.8 Å². The van der Waals surface area contributed by atoms with Gasteiger partial charge in [0, 0.05) is 6.54 Å². The van der Waals surface area contributed by atoms with Crippen LogP contribution < -0.4 is 23.9 Å². The van der Waals surface area contributed by atoms with E-state index in [1.807, 2.05) is 0 Å². The van der Waals surface area contributed by atoms with Crippen molar-refractivity contribution >= 4 is 5.96 Å². The molecule has 0 aliphatic carbocycles. The lowest BCUT2D eigenvalue weighted by Crippen LogP contribution is -3.00. The summed E-state index contributed by atoms with van der Waals surface area (Å²) in [6.45, 7) is 4.15. The van der Waals surface area contributed by atoms with Crippen LogP contribution in [-0.2, 0) is 0 Å². The van der Waals surface area contributed by atoms with E-state index in [0.717, 1.165) is 13.1 Å². The van der Waals surface area contributed by atoms with Gasteiger partial charge in [-0.25, -0.2) is 0 Å². The number of aliphatic imine (C=N–C) groups is 1. The Morgan fingerprint density at radius 1 is 1.07 bits per heavy atom. The van der Waals surface area contributed by atoms with Gasteiger partial charge in [-0.15, -0.1) is 0 Å². The lowest BCUT2D eigenvalue weighted by Gasteiger charge is -2.23. The van der Waals surface area contributed by atoms with Crippen molar-refractivity contribution in [3.8, 4) is 0 Å². The molecule has 0 aromatic heterocycles. The van der Waals surface area contributed by atoms with E-state index in [2.05, 4.69) is 9.89 Å². The second kappa shape index (κ2) is 8.80. The van der Waals surface area contributed by atoms with E-state index in [4.69, 9.17) is 11.5 Å². The zero-order valence-electron chi connectivity index (χ0n) is 10.3. The molecule has 1 fully saturated rings. The van der Waals surface area contributed by atoms with Crippen LogP contribution in [0.25, 0.3) is 0 Å². The number of guanidine groups is 1. The van der Waals surface area contributed by atoms with E-state index < -0.39 is 0 Å². The molecule has 4 N–H and O–H groups in total. The van der Waals surface area contributed by atoms with Crippen LogP contribution in [0.5, 0.6) is 0 Å². The van der Waals surface area contributed by atoms with Crippen LogP contribution in [0.2, 0.25) is 0 Å². The molecular formula is C10H23ClN4. The van der Waals surface area contributed by atoms with Crippen LogP contribution in [0, 0.1) is 0 Å². The van der Waals surface area contributed by atoms with Gasteiger partial charge in [-0.2, -0.15) is 0 Å². The summed E-state index contributed by atoms with van der Waals surface area (Å²) in [5.41, 5.74) is 10.5. The van der Waals surface area contributed by atoms with E-state index in [1.54, 1.807) is 0 Å². The Hall–Kier alpha value is -0.480. The van der Waals surface area contributed by atoms with Gasteiger partial charge < -0.3 is 28.8 Å². The van der Waals surface area contributed by atoms with Crippen LogP contribution in [-0.4, -0.2) is 37.0 Å². The number of hydrogen-bond donors (Lipinski definition) is 2. The Kier molecular flexibility index (Phi) is 8.52. The molecule has 1 aliphatic rings. The van der Waals surface area contributed by atoms with Crippen molar-refractivity contribution in [3.63, 3.8) is 0 Å². The molecular weight excluding hydrogens is 212 g/mol. The smallest absolute Gasteiger partial charge is 1.00 e. The zero-order valence-corrected chi connectivity index (χ0v) is 10.0. The topological polar surface area (TPSA) is 67.6 Å². The third kappa shape index (κ3) is 7.45. The van der Waals surface area contributed by atoms with Crippen LogP contribution in [0.15, 0.2) is 4.99 Å². The van der Waals surface area contributed by atoms with Crippen LogP contribution in [0.4, 0.5) is 0 Å². The lowest BCUT2D eigenvalue weighted by molar-refractivity contribution is -0.00000335. The highest BCUT2D eigenvalue weighted by molar-refractivity contribution is 5.75. The largest absolute Gasteiger partial charge is 1.00 e. The molecule has 0 radical (unpaired) electrons.